The number of benzene rings is 7. The summed E-state index contributed by atoms with van der Waals surface area (Å²) in [6.45, 7) is 22.3. The molecular formula is C65H61BCl6F3N9O2. The van der Waals surface area contributed by atoms with Crippen LogP contribution in [0.15, 0.2) is 151 Å². The summed E-state index contributed by atoms with van der Waals surface area (Å²) in [6, 6.07) is 40.0. The van der Waals surface area contributed by atoms with Gasteiger partial charge in [0.25, 0.3) is 0 Å². The zero-order chi connectivity index (χ0) is 62.9. The molecule has 0 saturated carbocycles. The van der Waals surface area contributed by atoms with Gasteiger partial charge in [-0.3, -0.25) is 0 Å². The van der Waals surface area contributed by atoms with Crippen molar-refractivity contribution in [2.24, 2.45) is 4.99 Å². The van der Waals surface area contributed by atoms with Gasteiger partial charge < -0.3 is 15.0 Å². The minimum atomic E-state index is -1.59. The smallest absolute Gasteiger partial charge is 0.423 e. The van der Waals surface area contributed by atoms with Gasteiger partial charge in [0, 0.05) is 17.7 Å². The summed E-state index contributed by atoms with van der Waals surface area (Å²) in [5.74, 6) is -0.196. The number of halogens is 9. The second-order valence-electron chi connectivity index (χ2n) is 20.3. The molecule has 444 valence electrons. The van der Waals surface area contributed by atoms with E-state index in [1.807, 2.05) is 123 Å². The van der Waals surface area contributed by atoms with Crippen LogP contribution in [-0.2, 0) is 0 Å². The molecule has 0 fully saturated rings. The van der Waals surface area contributed by atoms with Crippen LogP contribution in [0.25, 0.3) is 66.6 Å². The van der Waals surface area contributed by atoms with Crippen LogP contribution >= 0.6 is 69.6 Å². The van der Waals surface area contributed by atoms with E-state index in [2.05, 4.69) is 51.6 Å². The maximum atomic E-state index is 13.5. The van der Waals surface area contributed by atoms with Crippen molar-refractivity contribution in [1.82, 2.24) is 39.9 Å². The second kappa shape index (κ2) is 32.2. The van der Waals surface area contributed by atoms with Crippen LogP contribution in [0, 0.1) is 17.5 Å². The molecule has 7 aromatic carbocycles. The monoisotopic (exact) mass is 1280 g/mol. The molecule has 0 amide bonds. The number of aromatic nitrogens is 8. The standard InChI is InChI=1S/2C17H14ClFN2.2C11H10Cl2N2.C6H6BFO2.C3H7N/c1-10(2)15-16(11-5-3-6-12(19)9-11)20-14-8-4-7-13(18)17(14)21-15;1-10(2)15-16(11-5-3-6-12(19)9-11)21-17-13(18)7-4-8-14(17)20-15;1-6(2)9-11(13)14-8-5-3-4-7(12)10(8)15-9;1-6(2)9-11(13)15-10-7(12)4-3-5-8(10)14-9;8-6-3-1-2-5(4-6)7(9)10;1-3-4-2/h2*3-10H,1-2H3;2*3-6H,1-2H3;1-4,9-10H;2-3H2,1H3. The van der Waals surface area contributed by atoms with E-state index in [4.69, 9.17) is 79.7 Å². The third-order valence-corrected chi connectivity index (χ3v) is 14.1. The minimum Gasteiger partial charge on any atom is -0.423 e. The SMILES string of the molecule is C=NCC.CC(C)c1nc2c(Cl)cccc2nc1-c1cccc(F)c1.CC(C)c1nc2c(Cl)cccc2nc1Cl.CC(C)c1nc2cccc(Cl)c2nc1-c1cccc(F)c1.CC(C)c1nc2cccc(Cl)c2nc1Cl.OB(O)c1cccc(F)c1. The fourth-order valence-corrected chi connectivity index (χ4v) is 9.63. The number of rotatable bonds is 8. The number of fused-ring (bicyclic) bond motifs is 4. The summed E-state index contributed by atoms with van der Waals surface area (Å²) in [7, 11) is -1.59. The molecule has 0 saturated heterocycles. The molecule has 0 aliphatic carbocycles. The van der Waals surface area contributed by atoms with Gasteiger partial charge in [0.05, 0.1) is 76.3 Å². The van der Waals surface area contributed by atoms with Gasteiger partial charge >= 0.3 is 7.12 Å². The molecule has 0 unspecified atom stereocenters. The molecule has 21 heteroatoms. The average molecular weight is 1280 g/mol. The first kappa shape index (κ1) is 68.2. The predicted octanol–water partition coefficient (Wildman–Crippen LogP) is 18.8. The van der Waals surface area contributed by atoms with Crippen molar-refractivity contribution >= 4 is 133 Å². The van der Waals surface area contributed by atoms with Crippen LogP contribution in [-0.4, -0.2) is 70.3 Å². The average Bonchev–Trinajstić information content (AvgIpc) is 1.74. The van der Waals surface area contributed by atoms with Gasteiger partial charge in [-0.15, -0.1) is 0 Å². The van der Waals surface area contributed by atoms with Crippen LogP contribution in [0.2, 0.25) is 30.4 Å². The minimum absolute atomic E-state index is 0.163. The Morgan fingerprint density at radius 3 is 1.12 bits per heavy atom. The van der Waals surface area contributed by atoms with Crippen LogP contribution in [0.1, 0.15) is 109 Å². The second-order valence-corrected chi connectivity index (χ2v) is 22.6. The van der Waals surface area contributed by atoms with E-state index in [0.717, 1.165) is 57.5 Å². The summed E-state index contributed by atoms with van der Waals surface area (Å²) < 4.78 is 39.3. The highest BCUT2D eigenvalue weighted by molar-refractivity contribution is 6.58. The molecule has 11 rings (SSSR count). The van der Waals surface area contributed by atoms with Crippen LogP contribution < -0.4 is 5.46 Å². The van der Waals surface area contributed by atoms with Gasteiger partial charge in [0.1, 0.15) is 39.5 Å². The molecule has 4 aromatic heterocycles. The normalized spacial score (nSPS) is 10.8. The number of hydrogen-bond donors (Lipinski definition) is 2. The Morgan fingerprint density at radius 1 is 0.407 bits per heavy atom. The molecule has 0 radical (unpaired) electrons. The maximum absolute atomic E-state index is 13.5. The van der Waals surface area contributed by atoms with Crippen LogP contribution in [0.5, 0.6) is 0 Å². The molecule has 0 bridgehead atoms. The zero-order valence-electron chi connectivity index (χ0n) is 48.5. The van der Waals surface area contributed by atoms with E-state index in [9.17, 15) is 13.2 Å². The Kier molecular flexibility index (Phi) is 25.5. The van der Waals surface area contributed by atoms with Crippen molar-refractivity contribution in [3.8, 4) is 22.5 Å². The first-order valence-electron chi connectivity index (χ1n) is 27.1. The predicted molar refractivity (Wildman–Crippen MR) is 352 cm³/mol. The fourth-order valence-electron chi connectivity index (χ4n) is 8.09. The van der Waals surface area contributed by atoms with Crippen LogP contribution in [0.3, 0.4) is 0 Å². The Bertz CT molecular complexity index is 4130. The third kappa shape index (κ3) is 18.3. The molecular weight excluding hydrogens is 1220 g/mol. The highest BCUT2D eigenvalue weighted by Gasteiger charge is 2.19. The summed E-state index contributed by atoms with van der Waals surface area (Å²) in [5, 5.41) is 20.3. The first-order valence-corrected chi connectivity index (χ1v) is 29.4. The Morgan fingerprint density at radius 2 is 0.721 bits per heavy atom. The first-order chi connectivity index (χ1) is 40.9. The molecule has 2 N–H and O–H groups in total. The molecule has 0 aliphatic heterocycles. The molecule has 11 nitrogen and oxygen atoms in total. The van der Waals surface area contributed by atoms with Crippen molar-refractivity contribution in [2.45, 2.75) is 86.0 Å². The van der Waals surface area contributed by atoms with E-state index in [0.29, 0.717) is 74.9 Å². The molecule has 0 atom stereocenters. The van der Waals surface area contributed by atoms with Crippen molar-refractivity contribution in [2.75, 3.05) is 6.54 Å². The lowest BCUT2D eigenvalue weighted by Crippen LogP contribution is -2.29. The van der Waals surface area contributed by atoms with E-state index in [-0.39, 0.29) is 40.8 Å². The third-order valence-electron chi connectivity index (χ3n) is 12.4. The summed E-state index contributed by atoms with van der Waals surface area (Å²) in [5.41, 5.74) is 12.0. The Balaban J connectivity index is 0.000000172. The van der Waals surface area contributed by atoms with Gasteiger partial charge in [-0.2, -0.15) is 0 Å². The van der Waals surface area contributed by atoms with E-state index in [1.165, 1.54) is 42.5 Å². The van der Waals surface area contributed by atoms with Gasteiger partial charge in [-0.25, -0.2) is 53.0 Å². The Hall–Kier alpha value is -6.92. The highest BCUT2D eigenvalue weighted by atomic mass is 35.5. The lowest BCUT2D eigenvalue weighted by molar-refractivity contribution is 0.425. The van der Waals surface area contributed by atoms with E-state index >= 15 is 0 Å². The number of para-hydroxylation sites is 4. The summed E-state index contributed by atoms with van der Waals surface area (Å²) in [4.78, 5) is 39.6. The molecule has 4 heterocycles. The van der Waals surface area contributed by atoms with Crippen molar-refractivity contribution in [3.63, 3.8) is 0 Å². The zero-order valence-corrected chi connectivity index (χ0v) is 53.0. The molecule has 0 aliphatic rings. The van der Waals surface area contributed by atoms with Crippen molar-refractivity contribution < 1.29 is 23.2 Å². The number of nitrogens with zero attached hydrogens (tertiary/aromatic N) is 9. The quantitative estimate of drug-likeness (QED) is 0.111. The van der Waals surface area contributed by atoms with Gasteiger partial charge in [0.15, 0.2) is 10.3 Å². The van der Waals surface area contributed by atoms with E-state index in [1.54, 1.807) is 36.4 Å². The molecule has 11 aromatic rings. The van der Waals surface area contributed by atoms with Gasteiger partial charge in [-0.05, 0) is 128 Å². The summed E-state index contributed by atoms with van der Waals surface area (Å²) >= 11 is 36.5. The van der Waals surface area contributed by atoms with Crippen molar-refractivity contribution in [3.05, 3.63) is 216 Å². The molecule has 86 heavy (non-hydrogen) atoms. The largest absolute Gasteiger partial charge is 0.488 e. The van der Waals surface area contributed by atoms with Crippen LogP contribution in [0.4, 0.5) is 13.2 Å². The highest BCUT2D eigenvalue weighted by Crippen LogP contribution is 2.34. The maximum Gasteiger partial charge on any atom is 0.488 e. The van der Waals surface area contributed by atoms with E-state index < -0.39 is 12.9 Å². The number of hydrogen-bond acceptors (Lipinski definition) is 11. The lowest BCUT2D eigenvalue weighted by atomic mass is 9.80. The topological polar surface area (TPSA) is 156 Å². The molecule has 0 spiro atoms. The van der Waals surface area contributed by atoms with Gasteiger partial charge in [0.2, 0.25) is 0 Å². The number of aliphatic imine (C=N–C) groups is 1. The van der Waals surface area contributed by atoms with Crippen molar-refractivity contribution in [1.29, 1.82) is 0 Å². The lowest BCUT2D eigenvalue weighted by Gasteiger charge is -2.13. The fraction of sp³-hybridized carbons (Fsp3) is 0.215. The Labute approximate surface area is 528 Å². The summed E-state index contributed by atoms with van der Waals surface area (Å²) in [6.07, 6.45) is 0. The van der Waals surface area contributed by atoms with Gasteiger partial charge in [-0.1, -0.05) is 186 Å².